The normalized spacial score (nSPS) is 18.8. The number of nitrogens with zero attached hydrogens (tertiary/aromatic N) is 3. The Morgan fingerprint density at radius 1 is 0.843 bits per heavy atom. The van der Waals surface area contributed by atoms with Gasteiger partial charge in [-0.15, -0.1) is 0 Å². The van der Waals surface area contributed by atoms with Crippen LogP contribution >= 0.6 is 0 Å². The summed E-state index contributed by atoms with van der Waals surface area (Å²) in [7, 11) is 0. The fraction of sp³-hybridized carbons (Fsp3) is 0.359. The highest BCUT2D eigenvalue weighted by Gasteiger charge is 2.42. The molecule has 6 rings (SSSR count). The van der Waals surface area contributed by atoms with Crippen molar-refractivity contribution >= 4 is 35.2 Å². The Kier molecular flexibility index (Phi) is 10.5. The van der Waals surface area contributed by atoms with E-state index in [9.17, 15) is 19.2 Å². The lowest BCUT2D eigenvalue weighted by Crippen LogP contribution is -2.43. The molecule has 0 saturated carbocycles. The minimum Gasteiger partial charge on any atom is -0.445 e. The zero-order valence-corrected chi connectivity index (χ0v) is 29.3. The maximum atomic E-state index is 13.5. The number of carbonyl (C=O) groups is 4. The van der Waals surface area contributed by atoms with Crippen LogP contribution in [0.15, 0.2) is 89.5 Å². The highest BCUT2D eigenvalue weighted by atomic mass is 16.6. The molecule has 3 heterocycles. The average molecular weight is 694 g/mol. The van der Waals surface area contributed by atoms with Gasteiger partial charge in [0.25, 0.3) is 0 Å². The third-order valence-corrected chi connectivity index (χ3v) is 8.83. The number of amides is 4. The van der Waals surface area contributed by atoms with Crippen molar-refractivity contribution in [3.63, 3.8) is 0 Å². The summed E-state index contributed by atoms with van der Waals surface area (Å²) in [4.78, 5) is 58.8. The summed E-state index contributed by atoms with van der Waals surface area (Å²) in [5.41, 5.74) is 3.07. The summed E-state index contributed by atoms with van der Waals surface area (Å²) >= 11 is 0. The fourth-order valence-corrected chi connectivity index (χ4v) is 6.46. The molecule has 0 aliphatic carbocycles. The van der Waals surface area contributed by atoms with Gasteiger partial charge in [-0.3, -0.25) is 19.3 Å². The molecular weight excluding hydrogens is 650 g/mol. The Hall–Kier alpha value is -5.49. The number of hydrogen-bond acceptors (Lipinski definition) is 8. The van der Waals surface area contributed by atoms with E-state index in [0.717, 1.165) is 17.5 Å². The lowest BCUT2D eigenvalue weighted by molar-refractivity contribution is -0.134. The summed E-state index contributed by atoms with van der Waals surface area (Å²) in [5, 5.41) is 5.84. The highest BCUT2D eigenvalue weighted by molar-refractivity contribution is 5.98. The van der Waals surface area contributed by atoms with Gasteiger partial charge in [-0.25, -0.2) is 9.78 Å². The number of oxazole rings is 1. The predicted molar refractivity (Wildman–Crippen MR) is 191 cm³/mol. The van der Waals surface area contributed by atoms with E-state index >= 15 is 0 Å². The summed E-state index contributed by atoms with van der Waals surface area (Å²) in [6.45, 7) is 8.25. The van der Waals surface area contributed by atoms with Crippen molar-refractivity contribution in [1.29, 1.82) is 0 Å². The average Bonchev–Trinajstić information content (AvgIpc) is 3.88. The van der Waals surface area contributed by atoms with Crippen LogP contribution in [0.5, 0.6) is 0 Å². The first kappa shape index (κ1) is 35.3. The third-order valence-electron chi connectivity index (χ3n) is 8.83. The fourth-order valence-electron chi connectivity index (χ4n) is 6.46. The number of carbonyl (C=O) groups excluding carboxylic acids is 4. The molecule has 2 aliphatic rings. The van der Waals surface area contributed by atoms with Gasteiger partial charge in [-0.05, 0) is 87.7 Å². The molecule has 2 aliphatic heterocycles. The van der Waals surface area contributed by atoms with Crippen LogP contribution in [0, 0.1) is 0 Å². The van der Waals surface area contributed by atoms with Crippen molar-refractivity contribution in [2.24, 2.45) is 0 Å². The third kappa shape index (κ3) is 8.82. The molecule has 2 N–H and O–H groups in total. The van der Waals surface area contributed by atoms with Gasteiger partial charge >= 0.3 is 6.09 Å². The number of anilines is 2. The van der Waals surface area contributed by atoms with E-state index in [1.807, 2.05) is 63.2 Å². The lowest BCUT2D eigenvalue weighted by Gasteiger charge is -2.25. The van der Waals surface area contributed by atoms with Gasteiger partial charge in [0.2, 0.25) is 23.6 Å². The van der Waals surface area contributed by atoms with Gasteiger partial charge in [0.1, 0.15) is 18.7 Å². The largest absolute Gasteiger partial charge is 0.445 e. The van der Waals surface area contributed by atoms with Gasteiger partial charge in [0, 0.05) is 42.4 Å². The Balaban J connectivity index is 1.07. The number of aromatic nitrogens is 1. The van der Waals surface area contributed by atoms with Gasteiger partial charge in [0.05, 0.1) is 24.4 Å². The lowest BCUT2D eigenvalue weighted by atomic mass is 10.1. The van der Waals surface area contributed by atoms with E-state index in [2.05, 4.69) is 15.6 Å². The van der Waals surface area contributed by atoms with Crippen molar-refractivity contribution in [3.05, 3.63) is 90.6 Å². The SMILES string of the molecule is CC(=O)N1CCC[C@H]1C(=O)Nc1ccc(-c2cnc(-c3ccc(NC(=O)[C@@H]4C[C@@H](OC(C)(C)C)CN4C(=O)OCc4ccccc4)cc3)o2)cc1. The Morgan fingerprint density at radius 2 is 1.47 bits per heavy atom. The molecule has 266 valence electrons. The molecule has 12 nitrogen and oxygen atoms in total. The van der Waals surface area contributed by atoms with Crippen molar-refractivity contribution < 1.29 is 33.1 Å². The molecule has 4 amide bonds. The minimum absolute atomic E-state index is 0.0989. The first-order valence-corrected chi connectivity index (χ1v) is 17.1. The molecule has 3 atom stereocenters. The molecule has 0 radical (unpaired) electrons. The summed E-state index contributed by atoms with van der Waals surface area (Å²) in [6.07, 6.45) is 2.53. The van der Waals surface area contributed by atoms with Gasteiger partial charge in [-0.2, -0.15) is 0 Å². The van der Waals surface area contributed by atoms with Crippen molar-refractivity contribution in [3.8, 4) is 22.8 Å². The number of likely N-dealkylation sites (tertiary alicyclic amines) is 2. The van der Waals surface area contributed by atoms with Gasteiger partial charge < -0.3 is 29.4 Å². The van der Waals surface area contributed by atoms with E-state index < -0.39 is 23.8 Å². The van der Waals surface area contributed by atoms with E-state index in [1.165, 1.54) is 11.8 Å². The predicted octanol–water partition coefficient (Wildman–Crippen LogP) is 6.49. The van der Waals surface area contributed by atoms with Crippen molar-refractivity contribution in [1.82, 2.24) is 14.8 Å². The van der Waals surface area contributed by atoms with E-state index in [1.54, 1.807) is 47.5 Å². The Labute approximate surface area is 297 Å². The van der Waals surface area contributed by atoms with E-state index in [-0.39, 0.29) is 37.0 Å². The number of rotatable bonds is 9. The van der Waals surface area contributed by atoms with Crippen LogP contribution in [0.3, 0.4) is 0 Å². The second kappa shape index (κ2) is 15.2. The molecule has 4 aromatic rings. The van der Waals surface area contributed by atoms with Crippen LogP contribution in [0.1, 0.15) is 52.5 Å². The van der Waals surface area contributed by atoms with Crippen molar-refractivity contribution in [2.45, 2.75) is 77.4 Å². The van der Waals surface area contributed by atoms with E-state index in [4.69, 9.17) is 13.9 Å². The van der Waals surface area contributed by atoms with Crippen LogP contribution in [0.4, 0.5) is 16.2 Å². The maximum Gasteiger partial charge on any atom is 0.410 e. The molecule has 0 bridgehead atoms. The van der Waals surface area contributed by atoms with Crippen LogP contribution in [-0.2, 0) is 30.5 Å². The molecule has 0 spiro atoms. The standard InChI is InChI=1S/C39H43N5O7/c1-25(45)43-20-8-11-32(43)35(46)41-29-16-12-27(13-17-29)34-22-40-37(50-34)28-14-18-30(19-15-28)42-36(47)33-21-31(51-39(2,3)4)23-44(33)38(48)49-24-26-9-6-5-7-10-26/h5-7,9-10,12-19,22,31-33H,8,11,20-21,23-24H2,1-4H3,(H,41,46)(H,42,47)/t31-,32+,33+/m1/s1. The summed E-state index contributed by atoms with van der Waals surface area (Å²) < 4.78 is 17.8. The molecule has 0 unspecified atom stereocenters. The zero-order chi connectivity index (χ0) is 36.1. The molecule has 2 saturated heterocycles. The van der Waals surface area contributed by atoms with Crippen LogP contribution in [0.25, 0.3) is 22.8 Å². The zero-order valence-electron chi connectivity index (χ0n) is 29.3. The van der Waals surface area contributed by atoms with Gasteiger partial charge in [-0.1, -0.05) is 30.3 Å². The number of hydrogen-bond donors (Lipinski definition) is 2. The quantitative estimate of drug-likeness (QED) is 0.203. The first-order chi connectivity index (χ1) is 24.4. The topological polar surface area (TPSA) is 143 Å². The number of ether oxygens (including phenoxy) is 2. The second-order valence-corrected chi connectivity index (χ2v) is 13.8. The molecular formula is C39H43N5O7. The number of benzene rings is 3. The second-order valence-electron chi connectivity index (χ2n) is 13.8. The van der Waals surface area contributed by atoms with Crippen LogP contribution in [-0.4, -0.2) is 75.5 Å². The van der Waals surface area contributed by atoms with Crippen molar-refractivity contribution in [2.75, 3.05) is 23.7 Å². The van der Waals surface area contributed by atoms with Crippen LogP contribution in [0.2, 0.25) is 0 Å². The maximum absolute atomic E-state index is 13.5. The number of nitrogens with one attached hydrogen (secondary N) is 2. The first-order valence-electron chi connectivity index (χ1n) is 17.1. The van der Waals surface area contributed by atoms with Crippen LogP contribution < -0.4 is 10.6 Å². The molecule has 51 heavy (non-hydrogen) atoms. The van der Waals surface area contributed by atoms with Gasteiger partial charge in [0.15, 0.2) is 5.76 Å². The minimum atomic E-state index is -0.771. The molecule has 12 heteroatoms. The summed E-state index contributed by atoms with van der Waals surface area (Å²) in [5.74, 6) is 0.315. The molecule has 3 aromatic carbocycles. The molecule has 1 aromatic heterocycles. The monoisotopic (exact) mass is 693 g/mol. The Bertz CT molecular complexity index is 1850. The molecule has 2 fully saturated rings. The summed E-state index contributed by atoms with van der Waals surface area (Å²) in [6, 6.07) is 22.5. The highest BCUT2D eigenvalue weighted by Crippen LogP contribution is 2.30. The van der Waals surface area contributed by atoms with E-state index in [0.29, 0.717) is 48.0 Å². The Morgan fingerprint density at radius 3 is 2.10 bits per heavy atom. The smallest absolute Gasteiger partial charge is 0.410 e.